The number of rotatable bonds is 3. The minimum Gasteiger partial charge on any atom is -0.457 e. The summed E-state index contributed by atoms with van der Waals surface area (Å²) >= 11 is 0. The number of nitrogens with zero attached hydrogens (tertiary/aromatic N) is 1. The second kappa shape index (κ2) is 7.07. The molecular weight excluding hydrogens is 405 g/mol. The number of hydrogen-bond donors (Lipinski definition) is 1. The Kier molecular flexibility index (Phi) is 4.70. The third-order valence-corrected chi connectivity index (χ3v) is 5.73. The van der Waals surface area contributed by atoms with Gasteiger partial charge >= 0.3 is 16.2 Å². The molecule has 5 nitrogen and oxygen atoms in total. The van der Waals surface area contributed by atoms with Crippen molar-refractivity contribution in [2.75, 3.05) is 10.5 Å². The maximum absolute atomic E-state index is 12.6. The Morgan fingerprint density at radius 1 is 0.931 bits per heavy atom. The molecule has 0 bridgehead atoms. The fraction of sp³-hybridized carbons (Fsp3) is 0.150. The van der Waals surface area contributed by atoms with Crippen molar-refractivity contribution < 1.29 is 30.9 Å². The molecule has 150 valence electrons. The van der Waals surface area contributed by atoms with E-state index in [-0.39, 0.29) is 11.5 Å². The van der Waals surface area contributed by atoms with Gasteiger partial charge in [0.15, 0.2) is 0 Å². The SMILES string of the molecule is O=S1(=O)CC[n+]2cccc(-c3ccc(Oc4ccc(C(F)(F)F)cc4)cc3)c2N1. The van der Waals surface area contributed by atoms with Crippen LogP contribution in [-0.4, -0.2) is 14.2 Å². The fourth-order valence-corrected chi connectivity index (χ4v) is 4.11. The molecule has 9 heteroatoms. The number of aromatic nitrogens is 1. The van der Waals surface area contributed by atoms with E-state index in [1.165, 1.54) is 12.1 Å². The highest BCUT2D eigenvalue weighted by Gasteiger charge is 2.30. The van der Waals surface area contributed by atoms with Crippen LogP contribution in [0.1, 0.15) is 5.56 Å². The van der Waals surface area contributed by atoms with Crippen molar-refractivity contribution >= 4 is 15.8 Å². The summed E-state index contributed by atoms with van der Waals surface area (Å²) < 4.78 is 71.8. The molecule has 0 unspecified atom stereocenters. The van der Waals surface area contributed by atoms with E-state index < -0.39 is 21.8 Å². The van der Waals surface area contributed by atoms with Gasteiger partial charge in [-0.25, -0.2) is 4.57 Å². The highest BCUT2D eigenvalue weighted by Crippen LogP contribution is 2.33. The summed E-state index contributed by atoms with van der Waals surface area (Å²) in [6.07, 6.45) is -2.59. The molecule has 1 aliphatic rings. The Balaban J connectivity index is 1.56. The van der Waals surface area contributed by atoms with Crippen LogP contribution in [0.25, 0.3) is 11.1 Å². The standard InChI is InChI=1S/C20H15F3N2O3S/c21-20(22,23)15-5-9-17(10-6-15)28-16-7-3-14(4-8-16)18-2-1-11-25-12-13-29(26,27)24-19(18)25/h1-11H,12-13H2/p+1. The number of ether oxygens (including phenoxy) is 1. The Hall–Kier alpha value is -3.07. The van der Waals surface area contributed by atoms with Gasteiger partial charge < -0.3 is 4.74 Å². The predicted octanol–water partition coefficient (Wildman–Crippen LogP) is 4.21. The molecule has 2 aromatic carbocycles. The van der Waals surface area contributed by atoms with Crippen LogP contribution in [0, 0.1) is 0 Å². The third kappa shape index (κ3) is 4.19. The van der Waals surface area contributed by atoms with Gasteiger partial charge in [0.25, 0.3) is 5.82 Å². The molecule has 0 atom stereocenters. The zero-order valence-corrected chi connectivity index (χ0v) is 15.8. The van der Waals surface area contributed by atoms with Gasteiger partial charge in [-0.2, -0.15) is 26.3 Å². The van der Waals surface area contributed by atoms with E-state index in [4.69, 9.17) is 4.74 Å². The second-order valence-electron chi connectivity index (χ2n) is 6.53. The zero-order chi connectivity index (χ0) is 20.6. The third-order valence-electron chi connectivity index (χ3n) is 4.51. The lowest BCUT2D eigenvalue weighted by Gasteiger charge is -2.16. The maximum atomic E-state index is 12.6. The van der Waals surface area contributed by atoms with Crippen LogP contribution < -0.4 is 14.0 Å². The van der Waals surface area contributed by atoms with E-state index in [1.807, 2.05) is 22.9 Å². The van der Waals surface area contributed by atoms with Crippen LogP contribution in [-0.2, 0) is 22.7 Å². The number of benzene rings is 2. The first-order valence-corrected chi connectivity index (χ1v) is 10.3. The molecule has 0 fully saturated rings. The van der Waals surface area contributed by atoms with Gasteiger partial charge in [-0.3, -0.25) is 0 Å². The first-order valence-electron chi connectivity index (χ1n) is 8.70. The lowest BCUT2D eigenvalue weighted by Crippen LogP contribution is -2.47. The number of anilines is 1. The average Bonchev–Trinajstić information content (AvgIpc) is 2.67. The lowest BCUT2D eigenvalue weighted by molar-refractivity contribution is -0.679. The summed E-state index contributed by atoms with van der Waals surface area (Å²) in [4.78, 5) is 0. The minimum atomic E-state index is -4.39. The number of aryl methyl sites for hydroxylation is 1. The highest BCUT2D eigenvalue weighted by molar-refractivity contribution is 7.92. The lowest BCUT2D eigenvalue weighted by atomic mass is 10.1. The molecule has 0 radical (unpaired) electrons. The van der Waals surface area contributed by atoms with E-state index in [0.717, 1.165) is 23.3 Å². The smallest absolute Gasteiger partial charge is 0.416 e. The van der Waals surface area contributed by atoms with Crippen LogP contribution in [0.2, 0.25) is 0 Å². The van der Waals surface area contributed by atoms with Gasteiger partial charge in [-0.15, -0.1) is 0 Å². The molecule has 29 heavy (non-hydrogen) atoms. The first-order chi connectivity index (χ1) is 13.7. The molecule has 1 aromatic heterocycles. The van der Waals surface area contributed by atoms with Gasteiger partial charge in [0.05, 0.1) is 17.3 Å². The van der Waals surface area contributed by atoms with E-state index in [0.29, 0.717) is 18.1 Å². The largest absolute Gasteiger partial charge is 0.457 e. The van der Waals surface area contributed by atoms with Crippen molar-refractivity contribution in [3.05, 3.63) is 72.4 Å². The molecular formula is C20H16F3N2O3S+. The molecule has 0 saturated carbocycles. The zero-order valence-electron chi connectivity index (χ0n) is 15.0. The van der Waals surface area contributed by atoms with Crippen molar-refractivity contribution in [3.63, 3.8) is 0 Å². The van der Waals surface area contributed by atoms with E-state index in [1.54, 1.807) is 24.3 Å². The molecule has 1 N–H and O–H groups in total. The molecule has 0 amide bonds. The van der Waals surface area contributed by atoms with Crippen LogP contribution >= 0.6 is 0 Å². The number of fused-ring (bicyclic) bond motifs is 1. The summed E-state index contributed by atoms with van der Waals surface area (Å²) in [6.45, 7) is 0.369. The summed E-state index contributed by atoms with van der Waals surface area (Å²) in [5, 5.41) is 0. The van der Waals surface area contributed by atoms with Crippen molar-refractivity contribution in [3.8, 4) is 22.6 Å². The van der Waals surface area contributed by atoms with Gasteiger partial charge in [0, 0.05) is 0 Å². The maximum Gasteiger partial charge on any atom is 0.416 e. The second-order valence-corrected chi connectivity index (χ2v) is 8.38. The molecule has 2 heterocycles. The molecule has 1 aliphatic heterocycles. The van der Waals surface area contributed by atoms with Crippen molar-refractivity contribution in [2.24, 2.45) is 0 Å². The number of sulfonamides is 1. The number of alkyl halides is 3. The summed E-state index contributed by atoms with van der Waals surface area (Å²) in [7, 11) is -3.37. The topological polar surface area (TPSA) is 59.3 Å². The van der Waals surface area contributed by atoms with Gasteiger partial charge in [-0.1, -0.05) is 12.1 Å². The van der Waals surface area contributed by atoms with Gasteiger partial charge in [-0.05, 0) is 54.1 Å². The van der Waals surface area contributed by atoms with E-state index in [9.17, 15) is 21.6 Å². The Bertz CT molecular complexity index is 1140. The van der Waals surface area contributed by atoms with Gasteiger partial charge in [0.1, 0.15) is 23.8 Å². The van der Waals surface area contributed by atoms with E-state index in [2.05, 4.69) is 4.72 Å². The Morgan fingerprint density at radius 2 is 1.55 bits per heavy atom. The fourth-order valence-electron chi connectivity index (χ4n) is 3.05. The van der Waals surface area contributed by atoms with Crippen LogP contribution in [0.5, 0.6) is 11.5 Å². The average molecular weight is 421 g/mol. The van der Waals surface area contributed by atoms with Crippen LogP contribution in [0.3, 0.4) is 0 Å². The van der Waals surface area contributed by atoms with Crippen LogP contribution in [0.4, 0.5) is 19.0 Å². The quantitative estimate of drug-likeness (QED) is 0.645. The number of hydrogen-bond acceptors (Lipinski definition) is 3. The first kappa shape index (κ1) is 19.3. The minimum absolute atomic E-state index is 0.0219. The Labute approximate surface area is 165 Å². The van der Waals surface area contributed by atoms with Crippen molar-refractivity contribution in [1.29, 1.82) is 0 Å². The monoisotopic (exact) mass is 421 g/mol. The Morgan fingerprint density at radius 3 is 2.17 bits per heavy atom. The molecule has 4 rings (SSSR count). The molecule has 3 aromatic rings. The van der Waals surface area contributed by atoms with Gasteiger partial charge in [0.2, 0.25) is 0 Å². The summed E-state index contributed by atoms with van der Waals surface area (Å²) in [5.74, 6) is 1.25. The normalized spacial score (nSPS) is 15.3. The molecule has 0 saturated heterocycles. The van der Waals surface area contributed by atoms with Crippen LogP contribution in [0.15, 0.2) is 66.9 Å². The van der Waals surface area contributed by atoms with Crippen molar-refractivity contribution in [2.45, 2.75) is 12.7 Å². The summed E-state index contributed by atoms with van der Waals surface area (Å²) in [6, 6.07) is 15.0. The number of pyridine rings is 1. The van der Waals surface area contributed by atoms with Crippen molar-refractivity contribution in [1.82, 2.24) is 0 Å². The molecule has 0 spiro atoms. The predicted molar refractivity (Wildman–Crippen MR) is 101 cm³/mol. The highest BCUT2D eigenvalue weighted by atomic mass is 32.2. The van der Waals surface area contributed by atoms with E-state index >= 15 is 0 Å². The molecule has 0 aliphatic carbocycles. The number of nitrogens with one attached hydrogen (secondary N) is 1. The summed E-state index contributed by atoms with van der Waals surface area (Å²) in [5.41, 5.74) is 0.754. The number of halogens is 3.